The monoisotopic (exact) mass is 540 g/mol. The molecule has 0 bridgehead atoms. The maximum atomic E-state index is 14.1. The van der Waals surface area contributed by atoms with E-state index in [4.69, 9.17) is 9.47 Å². The summed E-state index contributed by atoms with van der Waals surface area (Å²) in [4.78, 5) is 36.4. The minimum absolute atomic E-state index is 0.0766. The van der Waals surface area contributed by atoms with Crippen molar-refractivity contribution in [2.45, 2.75) is 58.3 Å². The van der Waals surface area contributed by atoms with Crippen LogP contribution in [0.15, 0.2) is 42.7 Å². The third-order valence-corrected chi connectivity index (χ3v) is 7.28. The van der Waals surface area contributed by atoms with Gasteiger partial charge in [0.15, 0.2) is 0 Å². The Morgan fingerprint density at radius 3 is 2.54 bits per heavy atom. The van der Waals surface area contributed by atoms with E-state index in [1.54, 1.807) is 41.4 Å². The highest BCUT2D eigenvalue weighted by molar-refractivity contribution is 5.98. The third kappa shape index (κ3) is 8.16. The van der Waals surface area contributed by atoms with Gasteiger partial charge in [0.2, 0.25) is 0 Å². The number of aromatic nitrogens is 1. The molecule has 0 spiro atoms. The Labute approximate surface area is 232 Å². The Hall–Kier alpha value is -3.17. The van der Waals surface area contributed by atoms with Gasteiger partial charge in [-0.1, -0.05) is 6.92 Å². The molecule has 2 amide bonds. The van der Waals surface area contributed by atoms with Gasteiger partial charge in [-0.15, -0.1) is 0 Å². The molecule has 0 unspecified atom stereocenters. The first-order valence-corrected chi connectivity index (χ1v) is 13.8. The molecule has 0 radical (unpaired) electrons. The number of carbonyl (C=O) groups is 2. The average Bonchev–Trinajstić information content (AvgIpc) is 2.93. The van der Waals surface area contributed by atoms with Crippen LogP contribution in [0.5, 0.6) is 5.75 Å². The van der Waals surface area contributed by atoms with E-state index in [2.05, 4.69) is 4.98 Å². The van der Waals surface area contributed by atoms with Crippen LogP contribution in [0.25, 0.3) is 0 Å². The Bertz CT molecular complexity index is 1080. The van der Waals surface area contributed by atoms with Crippen molar-refractivity contribution >= 4 is 17.5 Å². The van der Waals surface area contributed by atoms with E-state index in [0.29, 0.717) is 36.6 Å². The van der Waals surface area contributed by atoms with Crippen LogP contribution in [-0.4, -0.2) is 97.4 Å². The maximum absolute atomic E-state index is 14.1. The Balaban J connectivity index is 1.93. The lowest BCUT2D eigenvalue weighted by Crippen LogP contribution is -2.48. The highest BCUT2D eigenvalue weighted by atomic mass is 16.5. The number of aliphatic hydroxyl groups excluding tert-OH is 1. The van der Waals surface area contributed by atoms with Crippen LogP contribution < -0.4 is 9.64 Å². The topological polar surface area (TPSA) is 95.4 Å². The van der Waals surface area contributed by atoms with Gasteiger partial charge in [0.25, 0.3) is 11.8 Å². The number of aliphatic hydroxyl groups is 1. The van der Waals surface area contributed by atoms with E-state index in [-0.39, 0.29) is 36.5 Å². The predicted molar refractivity (Wildman–Crippen MR) is 152 cm³/mol. The van der Waals surface area contributed by atoms with Gasteiger partial charge in [0.05, 0.1) is 30.4 Å². The summed E-state index contributed by atoms with van der Waals surface area (Å²) in [5.74, 6) is 0.124. The van der Waals surface area contributed by atoms with E-state index in [0.717, 1.165) is 24.9 Å². The van der Waals surface area contributed by atoms with Crippen LogP contribution >= 0.6 is 0 Å². The first-order chi connectivity index (χ1) is 18.6. The predicted octanol–water partition coefficient (Wildman–Crippen LogP) is 3.72. The third-order valence-electron chi connectivity index (χ3n) is 7.28. The molecular formula is C30H44N4O5. The van der Waals surface area contributed by atoms with Crippen LogP contribution in [0, 0.1) is 5.92 Å². The van der Waals surface area contributed by atoms with Crippen LogP contribution in [0.4, 0.5) is 5.69 Å². The molecule has 9 heteroatoms. The molecule has 4 atom stereocenters. The lowest BCUT2D eigenvalue weighted by molar-refractivity contribution is -0.0149. The van der Waals surface area contributed by atoms with Gasteiger partial charge in [0.1, 0.15) is 5.75 Å². The summed E-state index contributed by atoms with van der Waals surface area (Å²) in [6.07, 6.45) is 5.43. The molecule has 0 fully saturated rings. The Morgan fingerprint density at radius 1 is 1.15 bits per heavy atom. The second-order valence-electron chi connectivity index (χ2n) is 10.8. The van der Waals surface area contributed by atoms with E-state index < -0.39 is 6.04 Å². The zero-order chi connectivity index (χ0) is 28.5. The minimum atomic E-state index is -0.419. The molecule has 1 aliphatic rings. The molecule has 1 aromatic carbocycles. The molecular weight excluding hydrogens is 496 g/mol. The molecule has 2 aromatic rings. The van der Waals surface area contributed by atoms with Gasteiger partial charge in [-0.05, 0) is 63.4 Å². The summed E-state index contributed by atoms with van der Waals surface area (Å²) in [5.41, 5.74) is 1.93. The van der Waals surface area contributed by atoms with E-state index in [9.17, 15) is 14.7 Å². The van der Waals surface area contributed by atoms with Crippen LogP contribution in [0.3, 0.4) is 0 Å². The first-order valence-electron chi connectivity index (χ1n) is 13.8. The largest absolute Gasteiger partial charge is 0.490 e. The normalized spacial score (nSPS) is 21.8. The fraction of sp³-hybridized carbons (Fsp3) is 0.567. The quantitative estimate of drug-likeness (QED) is 0.597. The number of carbonyl (C=O) groups excluding carboxylic acids is 2. The first kappa shape index (κ1) is 30.4. The SMILES string of the molecule is C[C@H]1CCCCO[C@H](CN(C)C(=O)c2ccncc2)[C@@H](C)CN([C@@H](C)CO)C(=O)c2cc(N(C)C)ccc2O1. The molecule has 0 saturated carbocycles. The fourth-order valence-electron chi connectivity index (χ4n) is 4.72. The molecule has 1 aromatic heterocycles. The molecule has 9 nitrogen and oxygen atoms in total. The highest BCUT2D eigenvalue weighted by Gasteiger charge is 2.31. The molecule has 1 N–H and O–H groups in total. The van der Waals surface area contributed by atoms with Crippen LogP contribution in [0.1, 0.15) is 60.7 Å². The van der Waals surface area contributed by atoms with Crippen molar-refractivity contribution in [3.63, 3.8) is 0 Å². The van der Waals surface area contributed by atoms with Gasteiger partial charge in [0, 0.05) is 70.4 Å². The van der Waals surface area contributed by atoms with E-state index in [1.165, 1.54) is 0 Å². The van der Waals surface area contributed by atoms with Crippen LogP contribution in [-0.2, 0) is 4.74 Å². The van der Waals surface area contributed by atoms with Crippen molar-refractivity contribution in [3.05, 3.63) is 53.9 Å². The number of likely N-dealkylation sites (N-methyl/N-ethyl adjacent to an activating group) is 1. The van der Waals surface area contributed by atoms with Crippen molar-refractivity contribution in [1.29, 1.82) is 0 Å². The van der Waals surface area contributed by atoms with Gasteiger partial charge in [-0.2, -0.15) is 0 Å². The molecule has 3 rings (SSSR count). The maximum Gasteiger partial charge on any atom is 0.258 e. The number of anilines is 1. The number of hydrogen-bond acceptors (Lipinski definition) is 7. The van der Waals surface area contributed by atoms with Gasteiger partial charge >= 0.3 is 0 Å². The summed E-state index contributed by atoms with van der Waals surface area (Å²) in [5, 5.41) is 10.1. The number of nitrogens with zero attached hydrogens (tertiary/aromatic N) is 4. The zero-order valence-corrected chi connectivity index (χ0v) is 24.2. The van der Waals surface area contributed by atoms with Crippen molar-refractivity contribution in [2.75, 3.05) is 52.3 Å². The van der Waals surface area contributed by atoms with Crippen LogP contribution in [0.2, 0.25) is 0 Å². The Morgan fingerprint density at radius 2 is 1.87 bits per heavy atom. The molecule has 0 saturated heterocycles. The second kappa shape index (κ2) is 14.3. The summed E-state index contributed by atoms with van der Waals surface area (Å²) in [7, 11) is 5.63. The summed E-state index contributed by atoms with van der Waals surface area (Å²) in [6, 6.07) is 8.64. The Kier molecular flexibility index (Phi) is 11.1. The van der Waals surface area contributed by atoms with E-state index in [1.807, 2.05) is 58.0 Å². The highest BCUT2D eigenvalue weighted by Crippen LogP contribution is 2.29. The smallest absolute Gasteiger partial charge is 0.258 e. The lowest BCUT2D eigenvalue weighted by atomic mass is 10.0. The molecule has 39 heavy (non-hydrogen) atoms. The summed E-state index contributed by atoms with van der Waals surface area (Å²) >= 11 is 0. The van der Waals surface area contributed by atoms with Gasteiger partial charge < -0.3 is 29.3 Å². The number of fused-ring (bicyclic) bond motifs is 1. The fourth-order valence-corrected chi connectivity index (χ4v) is 4.72. The molecule has 214 valence electrons. The van der Waals surface area contributed by atoms with Crippen molar-refractivity contribution < 1.29 is 24.2 Å². The average molecular weight is 541 g/mol. The number of amides is 2. The standard InChI is InChI=1S/C30H44N4O5/c1-21-18-34(22(2)20-35)30(37)26-17-25(32(4)5)10-11-27(26)39-23(3)9-7-8-16-38-28(21)19-33(6)29(36)24-12-14-31-15-13-24/h10-15,17,21-23,28,35H,7-9,16,18-20H2,1-6H3/t21-,22-,23-,28+/m0/s1. The number of pyridine rings is 1. The van der Waals surface area contributed by atoms with Crippen molar-refractivity contribution in [1.82, 2.24) is 14.8 Å². The number of rotatable bonds is 6. The molecule has 0 aliphatic carbocycles. The van der Waals surface area contributed by atoms with Gasteiger partial charge in [-0.25, -0.2) is 0 Å². The lowest BCUT2D eigenvalue weighted by Gasteiger charge is -2.36. The van der Waals surface area contributed by atoms with E-state index >= 15 is 0 Å². The van der Waals surface area contributed by atoms with Crippen molar-refractivity contribution in [3.8, 4) is 5.75 Å². The number of benzene rings is 1. The van der Waals surface area contributed by atoms with Gasteiger partial charge in [-0.3, -0.25) is 14.6 Å². The number of hydrogen-bond donors (Lipinski definition) is 1. The number of ether oxygens (including phenoxy) is 2. The summed E-state index contributed by atoms with van der Waals surface area (Å²) in [6.45, 7) is 6.97. The summed E-state index contributed by atoms with van der Waals surface area (Å²) < 4.78 is 12.6. The zero-order valence-electron chi connectivity index (χ0n) is 24.2. The van der Waals surface area contributed by atoms with Crippen molar-refractivity contribution in [2.24, 2.45) is 5.92 Å². The minimum Gasteiger partial charge on any atom is -0.490 e. The molecule has 1 aliphatic heterocycles. The molecule has 2 heterocycles. The second-order valence-corrected chi connectivity index (χ2v) is 10.8.